The van der Waals surface area contributed by atoms with Crippen molar-refractivity contribution in [3.63, 3.8) is 0 Å². The second-order valence-electron chi connectivity index (χ2n) is 5.27. The second kappa shape index (κ2) is 9.46. The predicted molar refractivity (Wildman–Crippen MR) is 89.3 cm³/mol. The molecule has 1 aliphatic heterocycles. The molecular formula is C15H26Cl2N2. The van der Waals surface area contributed by atoms with Crippen molar-refractivity contribution >= 4 is 30.5 Å². The summed E-state index contributed by atoms with van der Waals surface area (Å²) in [7, 11) is 4.25. The molecule has 0 amide bonds. The molecule has 0 saturated carbocycles. The lowest BCUT2D eigenvalue weighted by Crippen LogP contribution is -2.29. The summed E-state index contributed by atoms with van der Waals surface area (Å²) >= 11 is 0. The molecule has 0 unspecified atom stereocenters. The Bertz CT molecular complexity index is 333. The third kappa shape index (κ3) is 6.03. The number of likely N-dealkylation sites (N-methyl/N-ethyl adjacent to an activating group) is 1. The van der Waals surface area contributed by atoms with Crippen LogP contribution in [-0.4, -0.2) is 38.6 Å². The highest BCUT2D eigenvalue weighted by atomic mass is 35.5. The van der Waals surface area contributed by atoms with E-state index in [9.17, 15) is 0 Å². The summed E-state index contributed by atoms with van der Waals surface area (Å²) in [6.45, 7) is 3.59. The van der Waals surface area contributed by atoms with E-state index in [0.717, 1.165) is 13.0 Å². The number of nitrogens with zero attached hydrogens (tertiary/aromatic N) is 2. The van der Waals surface area contributed by atoms with Gasteiger partial charge in [0.25, 0.3) is 0 Å². The van der Waals surface area contributed by atoms with E-state index in [0.29, 0.717) is 0 Å². The molecule has 2 rings (SSSR count). The van der Waals surface area contributed by atoms with Crippen LogP contribution < -0.4 is 4.90 Å². The molecule has 1 aromatic carbocycles. The van der Waals surface area contributed by atoms with Gasteiger partial charge in [-0.25, -0.2) is 0 Å². The smallest absolute Gasteiger partial charge is 0.0366 e. The molecule has 0 radical (unpaired) electrons. The Morgan fingerprint density at radius 1 is 0.947 bits per heavy atom. The van der Waals surface area contributed by atoms with Crippen molar-refractivity contribution in [1.29, 1.82) is 0 Å². The minimum atomic E-state index is 0. The lowest BCUT2D eigenvalue weighted by molar-refractivity contribution is 0.413. The molecule has 1 aliphatic rings. The zero-order chi connectivity index (χ0) is 12.1. The molecule has 0 spiro atoms. The maximum Gasteiger partial charge on any atom is 0.0366 e. The molecule has 1 aromatic rings. The van der Waals surface area contributed by atoms with Crippen LogP contribution in [0.5, 0.6) is 0 Å². The van der Waals surface area contributed by atoms with Crippen molar-refractivity contribution in [3.05, 3.63) is 29.8 Å². The molecule has 1 saturated heterocycles. The first-order valence-corrected chi connectivity index (χ1v) is 6.74. The van der Waals surface area contributed by atoms with Gasteiger partial charge in [0, 0.05) is 25.3 Å². The summed E-state index contributed by atoms with van der Waals surface area (Å²) in [4.78, 5) is 4.75. The van der Waals surface area contributed by atoms with E-state index in [2.05, 4.69) is 48.2 Å². The predicted octanol–water partition coefficient (Wildman–Crippen LogP) is 3.62. The molecule has 19 heavy (non-hydrogen) atoms. The van der Waals surface area contributed by atoms with Crippen molar-refractivity contribution in [2.75, 3.05) is 38.6 Å². The van der Waals surface area contributed by atoms with Gasteiger partial charge in [-0.2, -0.15) is 0 Å². The first-order valence-electron chi connectivity index (χ1n) is 6.74. The van der Waals surface area contributed by atoms with E-state index in [1.54, 1.807) is 0 Å². The van der Waals surface area contributed by atoms with Crippen molar-refractivity contribution in [3.8, 4) is 0 Å². The van der Waals surface area contributed by atoms with E-state index in [4.69, 9.17) is 0 Å². The fourth-order valence-corrected chi connectivity index (χ4v) is 2.38. The first kappa shape index (κ1) is 18.6. The van der Waals surface area contributed by atoms with Gasteiger partial charge in [0.15, 0.2) is 0 Å². The van der Waals surface area contributed by atoms with Crippen LogP contribution in [0, 0.1) is 0 Å². The Kier molecular flexibility index (Phi) is 9.24. The number of piperidine rings is 1. The number of halogens is 2. The summed E-state index contributed by atoms with van der Waals surface area (Å²) in [5.41, 5.74) is 2.85. The third-order valence-corrected chi connectivity index (χ3v) is 3.51. The number of hydrogen-bond acceptors (Lipinski definition) is 2. The van der Waals surface area contributed by atoms with Crippen LogP contribution in [0.3, 0.4) is 0 Å². The van der Waals surface area contributed by atoms with Gasteiger partial charge < -0.3 is 9.80 Å². The Morgan fingerprint density at radius 2 is 1.53 bits per heavy atom. The van der Waals surface area contributed by atoms with Gasteiger partial charge in [0.2, 0.25) is 0 Å². The molecule has 1 heterocycles. The zero-order valence-corrected chi connectivity index (χ0v) is 13.6. The topological polar surface area (TPSA) is 6.48 Å². The molecule has 110 valence electrons. The second-order valence-corrected chi connectivity index (χ2v) is 5.27. The molecule has 0 atom stereocenters. The molecule has 0 aliphatic carbocycles. The molecule has 1 fully saturated rings. The average molecular weight is 305 g/mol. The molecule has 4 heteroatoms. The average Bonchev–Trinajstić information content (AvgIpc) is 2.38. The Labute approximate surface area is 130 Å². The van der Waals surface area contributed by atoms with Gasteiger partial charge in [-0.15, -0.1) is 24.8 Å². The number of anilines is 1. The quantitative estimate of drug-likeness (QED) is 0.838. The molecule has 0 N–H and O–H groups in total. The van der Waals surface area contributed by atoms with Gasteiger partial charge in [-0.1, -0.05) is 12.1 Å². The lowest BCUT2D eigenvalue weighted by Gasteiger charge is -2.28. The van der Waals surface area contributed by atoms with E-state index in [1.165, 1.54) is 43.6 Å². The van der Waals surface area contributed by atoms with Gasteiger partial charge in [-0.05, 0) is 57.5 Å². The summed E-state index contributed by atoms with van der Waals surface area (Å²) in [5.74, 6) is 0. The van der Waals surface area contributed by atoms with Gasteiger partial charge in [0.05, 0.1) is 0 Å². The third-order valence-electron chi connectivity index (χ3n) is 3.51. The highest BCUT2D eigenvalue weighted by Gasteiger charge is 2.10. The number of rotatable bonds is 4. The van der Waals surface area contributed by atoms with Crippen LogP contribution in [0.1, 0.15) is 24.8 Å². The first-order chi connectivity index (χ1) is 8.25. The van der Waals surface area contributed by atoms with Gasteiger partial charge in [-0.3, -0.25) is 0 Å². The molecule has 0 bridgehead atoms. The minimum absolute atomic E-state index is 0. The fourth-order valence-electron chi connectivity index (χ4n) is 2.38. The van der Waals surface area contributed by atoms with Gasteiger partial charge in [0.1, 0.15) is 0 Å². The summed E-state index contributed by atoms with van der Waals surface area (Å²) in [5, 5.41) is 0. The van der Waals surface area contributed by atoms with E-state index in [1.807, 2.05) is 0 Å². The number of hydrogen-bond donors (Lipinski definition) is 0. The highest BCUT2D eigenvalue weighted by Crippen LogP contribution is 2.20. The van der Waals surface area contributed by atoms with Crippen molar-refractivity contribution in [2.24, 2.45) is 0 Å². The molecule has 0 aromatic heterocycles. The van der Waals surface area contributed by atoms with Crippen LogP contribution in [0.15, 0.2) is 24.3 Å². The van der Waals surface area contributed by atoms with Crippen LogP contribution in [0.25, 0.3) is 0 Å². The van der Waals surface area contributed by atoms with Crippen molar-refractivity contribution in [2.45, 2.75) is 25.7 Å². The minimum Gasteiger partial charge on any atom is -0.372 e. The van der Waals surface area contributed by atoms with Gasteiger partial charge >= 0.3 is 0 Å². The monoisotopic (exact) mass is 304 g/mol. The van der Waals surface area contributed by atoms with E-state index >= 15 is 0 Å². The maximum atomic E-state index is 2.51. The SMILES string of the molecule is CN(C)CCc1ccc(N2CCCCC2)cc1.Cl.Cl. The molecular weight excluding hydrogens is 279 g/mol. The normalized spacial score (nSPS) is 14.8. The Hall–Kier alpha value is -0.440. The highest BCUT2D eigenvalue weighted by molar-refractivity contribution is 5.85. The van der Waals surface area contributed by atoms with Crippen LogP contribution in [-0.2, 0) is 6.42 Å². The zero-order valence-electron chi connectivity index (χ0n) is 12.0. The lowest BCUT2D eigenvalue weighted by atomic mass is 10.1. The maximum absolute atomic E-state index is 2.51. The van der Waals surface area contributed by atoms with E-state index < -0.39 is 0 Å². The summed E-state index contributed by atoms with van der Waals surface area (Å²) < 4.78 is 0. The standard InChI is InChI=1S/C15H24N2.2ClH/c1-16(2)13-10-14-6-8-15(9-7-14)17-11-4-3-5-12-17;;/h6-9H,3-5,10-13H2,1-2H3;2*1H. The Morgan fingerprint density at radius 3 is 2.05 bits per heavy atom. The Balaban J connectivity index is 0.00000162. The van der Waals surface area contributed by atoms with Crippen molar-refractivity contribution < 1.29 is 0 Å². The largest absolute Gasteiger partial charge is 0.372 e. The number of benzene rings is 1. The van der Waals surface area contributed by atoms with Crippen molar-refractivity contribution in [1.82, 2.24) is 4.90 Å². The summed E-state index contributed by atoms with van der Waals surface area (Å²) in [6.07, 6.45) is 5.25. The fraction of sp³-hybridized carbons (Fsp3) is 0.600. The summed E-state index contributed by atoms with van der Waals surface area (Å²) in [6, 6.07) is 9.15. The van der Waals surface area contributed by atoms with Crippen LogP contribution >= 0.6 is 24.8 Å². The van der Waals surface area contributed by atoms with Crippen LogP contribution in [0.2, 0.25) is 0 Å². The van der Waals surface area contributed by atoms with E-state index in [-0.39, 0.29) is 24.8 Å². The molecule has 2 nitrogen and oxygen atoms in total. The van der Waals surface area contributed by atoms with Crippen LogP contribution in [0.4, 0.5) is 5.69 Å².